The number of nitrogens with one attached hydrogen (secondary N) is 1. The van der Waals surface area contributed by atoms with Gasteiger partial charge in [-0.05, 0) is 66.9 Å². The highest BCUT2D eigenvalue weighted by Gasteiger charge is 2.35. The lowest BCUT2D eigenvalue weighted by Gasteiger charge is -2.34. The van der Waals surface area contributed by atoms with Crippen LogP contribution >= 0.6 is 27.5 Å². The van der Waals surface area contributed by atoms with Crippen molar-refractivity contribution in [3.8, 4) is 0 Å². The number of amides is 2. The summed E-state index contributed by atoms with van der Waals surface area (Å²) in [4.78, 5) is 29.7. The number of sulfonamides is 1. The van der Waals surface area contributed by atoms with Crippen molar-refractivity contribution in [2.45, 2.75) is 50.2 Å². The molecule has 4 aromatic rings. The molecule has 2 atom stereocenters. The maximum atomic E-state index is 14.4. The van der Waals surface area contributed by atoms with Crippen molar-refractivity contribution < 1.29 is 22.4 Å². The molecule has 0 saturated heterocycles. The molecule has 0 aromatic heterocycles. The van der Waals surface area contributed by atoms with E-state index in [9.17, 15) is 22.4 Å². The lowest BCUT2D eigenvalue weighted by Crippen LogP contribution is -2.54. The number of anilines is 1. The smallest absolute Gasteiger partial charge is 0.264 e. The molecule has 0 saturated carbocycles. The molecular formula is C34H34BrClFN3O4S. The molecule has 0 heterocycles. The van der Waals surface area contributed by atoms with E-state index in [1.807, 2.05) is 68.4 Å². The van der Waals surface area contributed by atoms with E-state index in [2.05, 4.69) is 21.2 Å². The maximum Gasteiger partial charge on any atom is 0.264 e. The van der Waals surface area contributed by atoms with Crippen molar-refractivity contribution in [3.63, 3.8) is 0 Å². The van der Waals surface area contributed by atoms with Gasteiger partial charge in [-0.1, -0.05) is 95.1 Å². The molecule has 0 aliphatic carbocycles. The van der Waals surface area contributed by atoms with E-state index in [4.69, 9.17) is 11.6 Å². The number of hydrogen-bond acceptors (Lipinski definition) is 4. The van der Waals surface area contributed by atoms with Gasteiger partial charge < -0.3 is 10.2 Å². The van der Waals surface area contributed by atoms with Crippen LogP contribution in [0.25, 0.3) is 0 Å². The number of rotatable bonds is 13. The predicted octanol–water partition coefficient (Wildman–Crippen LogP) is 6.99. The molecule has 2 amide bonds. The van der Waals surface area contributed by atoms with Gasteiger partial charge in [-0.3, -0.25) is 13.9 Å². The fraction of sp³-hybridized carbons (Fsp3) is 0.235. The predicted molar refractivity (Wildman–Crippen MR) is 179 cm³/mol. The molecule has 0 bridgehead atoms. The van der Waals surface area contributed by atoms with Crippen LogP contribution in [-0.4, -0.2) is 43.8 Å². The Bertz CT molecular complexity index is 1710. The topological polar surface area (TPSA) is 86.8 Å². The first kappa shape index (κ1) is 34.1. The van der Waals surface area contributed by atoms with E-state index in [0.29, 0.717) is 6.42 Å². The Kier molecular flexibility index (Phi) is 11.8. The minimum Gasteiger partial charge on any atom is -0.352 e. The lowest BCUT2D eigenvalue weighted by molar-refractivity contribution is -0.140. The third kappa shape index (κ3) is 8.93. The van der Waals surface area contributed by atoms with E-state index < -0.39 is 34.3 Å². The van der Waals surface area contributed by atoms with Crippen molar-refractivity contribution in [2.24, 2.45) is 0 Å². The second kappa shape index (κ2) is 15.5. The van der Waals surface area contributed by atoms with Crippen molar-refractivity contribution in [3.05, 3.63) is 130 Å². The number of hydrogen-bond donors (Lipinski definition) is 1. The minimum absolute atomic E-state index is 0.00543. The van der Waals surface area contributed by atoms with Crippen LogP contribution in [0.3, 0.4) is 0 Å². The van der Waals surface area contributed by atoms with Gasteiger partial charge in [0, 0.05) is 23.5 Å². The monoisotopic (exact) mass is 713 g/mol. The van der Waals surface area contributed by atoms with Gasteiger partial charge in [0.25, 0.3) is 10.0 Å². The van der Waals surface area contributed by atoms with Gasteiger partial charge in [-0.25, -0.2) is 12.8 Å². The molecule has 236 valence electrons. The van der Waals surface area contributed by atoms with E-state index in [1.165, 1.54) is 29.2 Å². The molecule has 0 fully saturated rings. The van der Waals surface area contributed by atoms with Crippen LogP contribution in [0.1, 0.15) is 31.4 Å². The van der Waals surface area contributed by atoms with Crippen molar-refractivity contribution >= 4 is 55.1 Å². The van der Waals surface area contributed by atoms with Gasteiger partial charge >= 0.3 is 0 Å². The van der Waals surface area contributed by atoms with Crippen molar-refractivity contribution in [1.29, 1.82) is 0 Å². The zero-order chi connectivity index (χ0) is 32.6. The Morgan fingerprint density at radius 3 is 2.13 bits per heavy atom. The highest BCUT2D eigenvalue weighted by atomic mass is 79.9. The van der Waals surface area contributed by atoms with Crippen LogP contribution in [0.2, 0.25) is 5.02 Å². The zero-order valence-electron chi connectivity index (χ0n) is 24.9. The Hall–Kier alpha value is -3.73. The number of carbonyl (C=O) groups excluding carboxylic acids is 2. The summed E-state index contributed by atoms with van der Waals surface area (Å²) in [5.74, 6) is -1.72. The van der Waals surface area contributed by atoms with Crippen molar-refractivity contribution in [1.82, 2.24) is 10.2 Å². The van der Waals surface area contributed by atoms with Gasteiger partial charge in [0.15, 0.2) is 0 Å². The fourth-order valence-corrected chi connectivity index (χ4v) is 6.54. The van der Waals surface area contributed by atoms with Gasteiger partial charge in [0.2, 0.25) is 11.8 Å². The lowest BCUT2D eigenvalue weighted by atomic mass is 10.0. The summed E-state index contributed by atoms with van der Waals surface area (Å²) >= 11 is 9.50. The van der Waals surface area contributed by atoms with E-state index >= 15 is 0 Å². The molecule has 0 spiro atoms. The quantitative estimate of drug-likeness (QED) is 0.162. The number of benzene rings is 4. The Labute approximate surface area is 277 Å². The summed E-state index contributed by atoms with van der Waals surface area (Å²) in [5, 5.41) is 2.71. The molecule has 45 heavy (non-hydrogen) atoms. The highest BCUT2D eigenvalue weighted by molar-refractivity contribution is 9.10. The van der Waals surface area contributed by atoms with Gasteiger partial charge in [-0.2, -0.15) is 0 Å². The van der Waals surface area contributed by atoms with E-state index in [0.717, 1.165) is 26.0 Å². The maximum absolute atomic E-state index is 14.4. The molecule has 1 N–H and O–H groups in total. The average molecular weight is 715 g/mol. The molecule has 4 aromatic carbocycles. The number of nitrogens with zero attached hydrogens (tertiary/aromatic N) is 2. The molecule has 0 radical (unpaired) electrons. The number of halogens is 3. The van der Waals surface area contributed by atoms with Crippen LogP contribution in [0.15, 0.2) is 112 Å². The Morgan fingerprint density at radius 2 is 1.53 bits per heavy atom. The second-order valence-electron chi connectivity index (χ2n) is 10.6. The summed E-state index contributed by atoms with van der Waals surface area (Å²) < 4.78 is 43.9. The van der Waals surface area contributed by atoms with Crippen LogP contribution in [0.5, 0.6) is 0 Å². The summed E-state index contributed by atoms with van der Waals surface area (Å²) in [6, 6.07) is 26.6. The van der Waals surface area contributed by atoms with Crippen LogP contribution < -0.4 is 9.62 Å². The largest absolute Gasteiger partial charge is 0.352 e. The molecule has 7 nitrogen and oxygen atoms in total. The summed E-state index contributed by atoms with van der Waals surface area (Å²) in [6.45, 7) is 3.19. The molecule has 0 unspecified atom stereocenters. The summed E-state index contributed by atoms with van der Waals surface area (Å²) in [6.07, 6.45) is 0.873. The first-order valence-electron chi connectivity index (χ1n) is 14.4. The SMILES string of the molecule is CC[C@H](C)NC(=O)[C@H](Cc1ccccc1)N(Cc1ccc(Br)cc1)C(=O)CN(c1ccc(F)c(Cl)c1)S(=O)(=O)c1ccccc1. The minimum atomic E-state index is -4.32. The normalized spacial score (nSPS) is 12.6. The zero-order valence-corrected chi connectivity index (χ0v) is 28.0. The molecular weight excluding hydrogens is 681 g/mol. The molecule has 0 aliphatic heterocycles. The van der Waals surface area contributed by atoms with Gasteiger partial charge in [0.05, 0.1) is 15.6 Å². The average Bonchev–Trinajstić information content (AvgIpc) is 3.04. The molecule has 0 aliphatic rings. The van der Waals surface area contributed by atoms with Crippen LogP contribution in [-0.2, 0) is 32.6 Å². The van der Waals surface area contributed by atoms with Gasteiger partial charge in [-0.15, -0.1) is 0 Å². The van der Waals surface area contributed by atoms with Gasteiger partial charge in [0.1, 0.15) is 18.4 Å². The highest BCUT2D eigenvalue weighted by Crippen LogP contribution is 2.28. The first-order valence-corrected chi connectivity index (χ1v) is 17.0. The summed E-state index contributed by atoms with van der Waals surface area (Å²) in [7, 11) is -4.32. The summed E-state index contributed by atoms with van der Waals surface area (Å²) in [5.41, 5.74) is 1.57. The fourth-order valence-electron chi connectivity index (χ4n) is 4.67. The third-order valence-corrected chi connectivity index (χ3v) is 9.95. The van der Waals surface area contributed by atoms with E-state index in [1.54, 1.807) is 18.2 Å². The second-order valence-corrected chi connectivity index (χ2v) is 13.8. The molecule has 4 rings (SSSR count). The molecule has 11 heteroatoms. The first-order chi connectivity index (χ1) is 21.5. The van der Waals surface area contributed by atoms with Crippen LogP contribution in [0.4, 0.5) is 10.1 Å². The van der Waals surface area contributed by atoms with E-state index in [-0.39, 0.29) is 40.5 Å². The van der Waals surface area contributed by atoms with Crippen LogP contribution in [0, 0.1) is 5.82 Å². The Balaban J connectivity index is 1.81. The van der Waals surface area contributed by atoms with Crippen molar-refractivity contribution in [2.75, 3.05) is 10.8 Å². The third-order valence-electron chi connectivity index (χ3n) is 7.34. The number of carbonyl (C=O) groups is 2. The standard InChI is InChI=1S/C34H34BrClFN3O4S/c1-3-24(2)38-34(42)32(20-25-10-6-4-7-11-25)39(22-26-14-16-27(35)17-15-26)33(41)23-40(28-18-19-31(37)30(36)21-28)45(43,44)29-12-8-5-9-13-29/h4-19,21,24,32H,3,20,22-23H2,1-2H3,(H,38,42)/t24-,32-/m0/s1. The Morgan fingerprint density at radius 1 is 0.911 bits per heavy atom.